The normalized spacial score (nSPS) is 19.4. The zero-order chi connectivity index (χ0) is 15.7. The number of thiazole rings is 1. The van der Waals surface area contributed by atoms with Crippen LogP contribution in [0.5, 0.6) is 0 Å². The molecule has 22 heavy (non-hydrogen) atoms. The molecule has 8 heteroatoms. The molecule has 3 rings (SSSR count). The standard InChI is InChI=1S/C14H13F3N2O2S/c15-14(16,17)9-3-1-5-19(8-9)13(20)11-7-18-12(22-11)10-4-2-6-21-10/h2,4,6-7,9H,1,3,5,8H2/t9-/m1/s1. The number of alkyl halides is 3. The highest BCUT2D eigenvalue weighted by molar-refractivity contribution is 7.16. The minimum Gasteiger partial charge on any atom is -0.462 e. The van der Waals surface area contributed by atoms with Gasteiger partial charge in [0.2, 0.25) is 0 Å². The van der Waals surface area contributed by atoms with E-state index in [1.165, 1.54) is 17.4 Å². The number of nitrogens with zero attached hydrogens (tertiary/aromatic N) is 2. The molecule has 0 aliphatic carbocycles. The van der Waals surface area contributed by atoms with Gasteiger partial charge in [-0.05, 0) is 25.0 Å². The molecule has 2 aromatic heterocycles. The van der Waals surface area contributed by atoms with Gasteiger partial charge in [0.05, 0.1) is 18.4 Å². The highest BCUT2D eigenvalue weighted by Gasteiger charge is 2.42. The number of amides is 1. The third kappa shape index (κ3) is 3.01. The van der Waals surface area contributed by atoms with Crippen molar-refractivity contribution in [2.75, 3.05) is 13.1 Å². The third-order valence-electron chi connectivity index (χ3n) is 3.62. The lowest BCUT2D eigenvalue weighted by Crippen LogP contribution is -2.44. The van der Waals surface area contributed by atoms with E-state index in [1.807, 2.05) is 0 Å². The summed E-state index contributed by atoms with van der Waals surface area (Å²) in [4.78, 5) is 18.0. The van der Waals surface area contributed by atoms with E-state index in [1.54, 1.807) is 12.1 Å². The van der Waals surface area contributed by atoms with Gasteiger partial charge >= 0.3 is 6.18 Å². The fourth-order valence-electron chi connectivity index (χ4n) is 2.47. The van der Waals surface area contributed by atoms with Gasteiger partial charge in [-0.25, -0.2) is 4.98 Å². The van der Waals surface area contributed by atoms with Crippen molar-refractivity contribution in [3.05, 3.63) is 29.5 Å². The van der Waals surface area contributed by atoms with E-state index in [0.29, 0.717) is 28.6 Å². The van der Waals surface area contributed by atoms with Crippen LogP contribution in [0.1, 0.15) is 22.5 Å². The number of halogens is 3. The first-order valence-electron chi connectivity index (χ1n) is 6.81. The van der Waals surface area contributed by atoms with Crippen LogP contribution in [0.25, 0.3) is 10.8 Å². The van der Waals surface area contributed by atoms with Crippen LogP contribution in [0, 0.1) is 5.92 Å². The summed E-state index contributed by atoms with van der Waals surface area (Å²) in [6.07, 6.45) is -0.932. The average Bonchev–Trinajstić information content (AvgIpc) is 3.16. The Hall–Kier alpha value is -1.83. The largest absolute Gasteiger partial charge is 0.462 e. The predicted molar refractivity (Wildman–Crippen MR) is 74.5 cm³/mol. The maximum atomic E-state index is 12.8. The van der Waals surface area contributed by atoms with Gasteiger partial charge in [-0.1, -0.05) is 0 Å². The van der Waals surface area contributed by atoms with Crippen LogP contribution in [0.4, 0.5) is 13.2 Å². The van der Waals surface area contributed by atoms with Gasteiger partial charge in [-0.2, -0.15) is 13.2 Å². The second-order valence-corrected chi connectivity index (χ2v) is 6.17. The summed E-state index contributed by atoms with van der Waals surface area (Å²) < 4.78 is 43.6. The molecule has 1 fully saturated rings. The Balaban J connectivity index is 1.74. The van der Waals surface area contributed by atoms with Crippen molar-refractivity contribution in [1.82, 2.24) is 9.88 Å². The Morgan fingerprint density at radius 2 is 2.27 bits per heavy atom. The molecule has 0 bridgehead atoms. The van der Waals surface area contributed by atoms with E-state index in [0.717, 1.165) is 11.3 Å². The molecule has 1 aliphatic heterocycles. The van der Waals surface area contributed by atoms with Crippen LogP contribution >= 0.6 is 11.3 Å². The molecule has 2 aromatic rings. The predicted octanol–water partition coefficient (Wildman–Crippen LogP) is 3.82. The number of piperidine rings is 1. The van der Waals surface area contributed by atoms with Gasteiger partial charge in [0.1, 0.15) is 4.88 Å². The smallest absolute Gasteiger partial charge is 0.393 e. The molecule has 1 aliphatic rings. The lowest BCUT2D eigenvalue weighted by molar-refractivity contribution is -0.184. The number of aromatic nitrogens is 1. The molecular weight excluding hydrogens is 317 g/mol. The lowest BCUT2D eigenvalue weighted by Gasteiger charge is -2.33. The molecule has 4 nitrogen and oxygen atoms in total. The number of carbonyl (C=O) groups is 1. The molecule has 0 aromatic carbocycles. The van der Waals surface area contributed by atoms with Gasteiger partial charge < -0.3 is 9.32 Å². The molecule has 0 saturated carbocycles. The van der Waals surface area contributed by atoms with Crippen molar-refractivity contribution in [1.29, 1.82) is 0 Å². The topological polar surface area (TPSA) is 46.3 Å². The van der Waals surface area contributed by atoms with Crippen molar-refractivity contribution in [3.63, 3.8) is 0 Å². The Labute approximate surface area is 128 Å². The number of hydrogen-bond acceptors (Lipinski definition) is 4. The van der Waals surface area contributed by atoms with E-state index >= 15 is 0 Å². The molecule has 1 atom stereocenters. The van der Waals surface area contributed by atoms with E-state index in [-0.39, 0.29) is 13.0 Å². The summed E-state index contributed by atoms with van der Waals surface area (Å²) >= 11 is 1.12. The second kappa shape index (κ2) is 5.75. The Kier molecular flexibility index (Phi) is 3.94. The van der Waals surface area contributed by atoms with Gasteiger partial charge in [0.15, 0.2) is 10.8 Å². The Morgan fingerprint density at radius 3 is 2.95 bits per heavy atom. The third-order valence-corrected chi connectivity index (χ3v) is 4.62. The van der Waals surface area contributed by atoms with Crippen molar-refractivity contribution in [2.24, 2.45) is 5.92 Å². The van der Waals surface area contributed by atoms with Crippen LogP contribution in [-0.4, -0.2) is 35.1 Å². The molecule has 1 amide bonds. The van der Waals surface area contributed by atoms with Crippen molar-refractivity contribution >= 4 is 17.2 Å². The number of furan rings is 1. The number of likely N-dealkylation sites (tertiary alicyclic amines) is 1. The molecule has 0 spiro atoms. The van der Waals surface area contributed by atoms with Crippen LogP contribution in [-0.2, 0) is 0 Å². The van der Waals surface area contributed by atoms with Crippen molar-refractivity contribution in [2.45, 2.75) is 19.0 Å². The highest BCUT2D eigenvalue weighted by Crippen LogP contribution is 2.34. The van der Waals surface area contributed by atoms with Crippen molar-refractivity contribution < 1.29 is 22.4 Å². The van der Waals surface area contributed by atoms with E-state index in [9.17, 15) is 18.0 Å². The maximum absolute atomic E-state index is 12.8. The van der Waals surface area contributed by atoms with E-state index < -0.39 is 18.0 Å². The van der Waals surface area contributed by atoms with Gasteiger partial charge in [-0.3, -0.25) is 4.79 Å². The monoisotopic (exact) mass is 330 g/mol. The summed E-state index contributed by atoms with van der Waals surface area (Å²) in [6.45, 7) is 0.0652. The number of hydrogen-bond donors (Lipinski definition) is 0. The molecule has 3 heterocycles. The fraction of sp³-hybridized carbons (Fsp3) is 0.429. The number of carbonyl (C=O) groups excluding carboxylic acids is 1. The second-order valence-electron chi connectivity index (χ2n) is 5.14. The summed E-state index contributed by atoms with van der Waals surface area (Å²) in [5.74, 6) is -1.30. The Morgan fingerprint density at radius 1 is 1.45 bits per heavy atom. The van der Waals surface area contributed by atoms with Crippen molar-refractivity contribution in [3.8, 4) is 10.8 Å². The van der Waals surface area contributed by atoms with E-state index in [4.69, 9.17) is 4.42 Å². The van der Waals surface area contributed by atoms with Crippen LogP contribution in [0.15, 0.2) is 29.0 Å². The van der Waals surface area contributed by atoms with Crippen LogP contribution in [0.2, 0.25) is 0 Å². The zero-order valence-electron chi connectivity index (χ0n) is 11.5. The SMILES string of the molecule is O=C(c1cnc(-c2ccco2)s1)N1CCC[C@@H](C(F)(F)F)C1. The molecule has 0 N–H and O–H groups in total. The summed E-state index contributed by atoms with van der Waals surface area (Å²) in [7, 11) is 0. The minimum absolute atomic E-state index is 0.0770. The minimum atomic E-state index is -4.26. The first kappa shape index (κ1) is 15.1. The molecule has 118 valence electrons. The molecule has 1 saturated heterocycles. The Bertz CT molecular complexity index is 651. The van der Waals surface area contributed by atoms with Gasteiger partial charge in [-0.15, -0.1) is 11.3 Å². The zero-order valence-corrected chi connectivity index (χ0v) is 12.3. The number of rotatable bonds is 2. The molecule has 0 radical (unpaired) electrons. The maximum Gasteiger partial charge on any atom is 0.393 e. The lowest BCUT2D eigenvalue weighted by atomic mass is 9.97. The molecular formula is C14H13F3N2O2S. The van der Waals surface area contributed by atoms with Gasteiger partial charge in [0.25, 0.3) is 5.91 Å². The molecule has 0 unspecified atom stereocenters. The van der Waals surface area contributed by atoms with Crippen LogP contribution < -0.4 is 0 Å². The summed E-state index contributed by atoms with van der Waals surface area (Å²) in [5.41, 5.74) is 0. The first-order chi connectivity index (χ1) is 10.4. The first-order valence-corrected chi connectivity index (χ1v) is 7.62. The van der Waals surface area contributed by atoms with Gasteiger partial charge in [0, 0.05) is 13.1 Å². The van der Waals surface area contributed by atoms with E-state index in [2.05, 4.69) is 4.98 Å². The average molecular weight is 330 g/mol. The quantitative estimate of drug-likeness (QED) is 0.841. The summed E-state index contributed by atoms with van der Waals surface area (Å²) in [6, 6.07) is 3.42. The fourth-order valence-corrected chi connectivity index (χ4v) is 3.32. The summed E-state index contributed by atoms with van der Waals surface area (Å²) in [5, 5.41) is 0.540. The van der Waals surface area contributed by atoms with Crippen LogP contribution in [0.3, 0.4) is 0 Å². The highest BCUT2D eigenvalue weighted by atomic mass is 32.1.